The number of aliphatic hydroxyl groups is 1. The van der Waals surface area contributed by atoms with Crippen molar-refractivity contribution in [2.45, 2.75) is 57.3 Å². The van der Waals surface area contributed by atoms with E-state index in [9.17, 15) is 14.7 Å². The highest BCUT2D eigenvalue weighted by molar-refractivity contribution is 5.95. The minimum Gasteiger partial charge on any atom is -0.497 e. The van der Waals surface area contributed by atoms with Crippen molar-refractivity contribution in [1.82, 2.24) is 4.90 Å². The topological polar surface area (TPSA) is 76.1 Å². The van der Waals surface area contributed by atoms with Crippen molar-refractivity contribution in [2.24, 2.45) is 11.8 Å². The molecule has 1 aliphatic heterocycles. The third-order valence-electron chi connectivity index (χ3n) is 6.89. The third-order valence-corrected chi connectivity index (χ3v) is 6.89. The Kier molecular flexibility index (Phi) is 5.99. The van der Waals surface area contributed by atoms with Crippen LogP contribution in [-0.4, -0.2) is 46.9 Å². The molecule has 4 rings (SSSR count). The Morgan fingerprint density at radius 3 is 2.47 bits per heavy atom. The Morgan fingerprint density at radius 2 is 1.84 bits per heavy atom. The lowest BCUT2D eigenvalue weighted by molar-refractivity contribution is -0.137. The summed E-state index contributed by atoms with van der Waals surface area (Å²) in [5, 5.41) is 11.0. The van der Waals surface area contributed by atoms with Crippen molar-refractivity contribution in [2.75, 3.05) is 7.11 Å². The quantitative estimate of drug-likeness (QED) is 0.704. The van der Waals surface area contributed by atoms with Crippen molar-refractivity contribution in [3.63, 3.8) is 0 Å². The number of cyclic esters (lactones) is 1. The maximum absolute atomic E-state index is 13.4. The first-order valence-corrected chi connectivity index (χ1v) is 11.1. The molecule has 0 aromatic heterocycles. The molecule has 0 spiro atoms. The van der Waals surface area contributed by atoms with E-state index in [0.717, 1.165) is 23.3 Å². The molecular formula is C26H31NO5. The van der Waals surface area contributed by atoms with E-state index in [1.165, 1.54) is 4.90 Å². The number of ether oxygens (including phenoxy) is 2. The number of carbonyl (C=O) groups excluding carboxylic acids is 2. The average Bonchev–Trinajstić information content (AvgIpc) is 3.54. The molecule has 1 saturated heterocycles. The number of imide groups is 1. The van der Waals surface area contributed by atoms with Crippen LogP contribution in [0.25, 0.3) is 0 Å². The van der Waals surface area contributed by atoms with E-state index in [-0.39, 0.29) is 17.7 Å². The third kappa shape index (κ3) is 4.24. The van der Waals surface area contributed by atoms with Gasteiger partial charge in [-0.1, -0.05) is 49.4 Å². The Bertz CT molecular complexity index is 971. The van der Waals surface area contributed by atoms with Crippen LogP contribution in [0.15, 0.2) is 54.6 Å². The lowest BCUT2D eigenvalue weighted by Crippen LogP contribution is -2.49. The summed E-state index contributed by atoms with van der Waals surface area (Å²) in [6, 6.07) is 17.1. The van der Waals surface area contributed by atoms with E-state index in [2.05, 4.69) is 0 Å². The van der Waals surface area contributed by atoms with Crippen LogP contribution in [-0.2, 0) is 16.0 Å². The van der Waals surface area contributed by atoms with Crippen molar-refractivity contribution in [3.05, 3.63) is 65.7 Å². The number of carbonyl (C=O) groups is 2. The Morgan fingerprint density at radius 1 is 1.19 bits per heavy atom. The number of benzene rings is 2. The van der Waals surface area contributed by atoms with E-state index < -0.39 is 29.8 Å². The van der Waals surface area contributed by atoms with Crippen LogP contribution in [0, 0.1) is 11.8 Å². The number of nitrogens with zero attached hydrogens (tertiary/aromatic N) is 1. The van der Waals surface area contributed by atoms with Crippen LogP contribution >= 0.6 is 0 Å². The van der Waals surface area contributed by atoms with Crippen LogP contribution in [0.1, 0.15) is 44.2 Å². The molecule has 1 saturated carbocycles. The van der Waals surface area contributed by atoms with Gasteiger partial charge in [-0.15, -0.1) is 0 Å². The molecule has 2 amide bonds. The molecule has 2 aromatic carbocycles. The molecule has 6 heteroatoms. The first kappa shape index (κ1) is 22.3. The summed E-state index contributed by atoms with van der Waals surface area (Å²) < 4.78 is 10.8. The molecule has 1 heterocycles. The van der Waals surface area contributed by atoms with Crippen LogP contribution < -0.4 is 4.74 Å². The predicted molar refractivity (Wildman–Crippen MR) is 120 cm³/mol. The van der Waals surface area contributed by atoms with Gasteiger partial charge < -0.3 is 14.6 Å². The number of hydrogen-bond donors (Lipinski definition) is 1. The van der Waals surface area contributed by atoms with Gasteiger partial charge in [-0.25, -0.2) is 9.69 Å². The summed E-state index contributed by atoms with van der Waals surface area (Å²) in [6.45, 7) is 5.36. The van der Waals surface area contributed by atoms with E-state index in [0.29, 0.717) is 6.42 Å². The Hall–Kier alpha value is -2.86. The lowest BCUT2D eigenvalue weighted by Gasteiger charge is -2.30. The predicted octanol–water partition coefficient (Wildman–Crippen LogP) is 4.16. The maximum Gasteiger partial charge on any atom is 0.417 e. The molecule has 2 aliphatic rings. The van der Waals surface area contributed by atoms with Gasteiger partial charge in [0.2, 0.25) is 5.91 Å². The number of amides is 2. The maximum atomic E-state index is 13.4. The lowest BCUT2D eigenvalue weighted by atomic mass is 9.90. The minimum absolute atomic E-state index is 0.0125. The number of methoxy groups -OCH3 is 1. The van der Waals surface area contributed by atoms with Crippen molar-refractivity contribution < 1.29 is 24.2 Å². The van der Waals surface area contributed by atoms with E-state index in [4.69, 9.17) is 9.47 Å². The molecule has 170 valence electrons. The molecule has 0 radical (unpaired) electrons. The summed E-state index contributed by atoms with van der Waals surface area (Å²) in [7, 11) is 1.63. The summed E-state index contributed by atoms with van der Waals surface area (Å²) in [5.41, 5.74) is 1.34. The average molecular weight is 438 g/mol. The Balaban J connectivity index is 1.47. The van der Waals surface area contributed by atoms with Crippen molar-refractivity contribution in [3.8, 4) is 5.75 Å². The van der Waals surface area contributed by atoms with Gasteiger partial charge in [-0.3, -0.25) is 4.79 Å². The summed E-state index contributed by atoms with van der Waals surface area (Å²) in [5.74, 6) is -0.109. The largest absolute Gasteiger partial charge is 0.497 e. The zero-order valence-corrected chi connectivity index (χ0v) is 19.0. The molecular weight excluding hydrogens is 406 g/mol. The summed E-state index contributed by atoms with van der Waals surface area (Å²) in [4.78, 5) is 27.3. The summed E-state index contributed by atoms with van der Waals surface area (Å²) in [6.07, 6.45) is -0.147. The smallest absolute Gasteiger partial charge is 0.417 e. The van der Waals surface area contributed by atoms with Crippen LogP contribution in [0.2, 0.25) is 0 Å². The fourth-order valence-electron chi connectivity index (χ4n) is 4.76. The zero-order valence-electron chi connectivity index (χ0n) is 19.0. The van der Waals surface area contributed by atoms with Gasteiger partial charge in [0.25, 0.3) is 0 Å². The highest BCUT2D eigenvalue weighted by atomic mass is 16.6. The second kappa shape index (κ2) is 8.58. The number of rotatable bonds is 7. The normalized spacial score (nSPS) is 25.7. The van der Waals surface area contributed by atoms with Gasteiger partial charge in [0.05, 0.1) is 25.2 Å². The fraction of sp³-hybridized carbons (Fsp3) is 0.462. The fourth-order valence-corrected chi connectivity index (χ4v) is 4.76. The first-order valence-electron chi connectivity index (χ1n) is 11.1. The van der Waals surface area contributed by atoms with Gasteiger partial charge in [0.1, 0.15) is 11.4 Å². The number of aliphatic hydroxyl groups excluding tert-OH is 1. The monoisotopic (exact) mass is 437 g/mol. The van der Waals surface area contributed by atoms with E-state index in [1.54, 1.807) is 14.0 Å². The second-order valence-corrected chi connectivity index (χ2v) is 9.44. The van der Waals surface area contributed by atoms with Gasteiger partial charge in [-0.2, -0.15) is 0 Å². The van der Waals surface area contributed by atoms with E-state index in [1.807, 2.05) is 68.4 Å². The molecule has 6 nitrogen and oxygen atoms in total. The molecule has 0 unspecified atom stereocenters. The van der Waals surface area contributed by atoms with Gasteiger partial charge in [0, 0.05) is 0 Å². The number of hydrogen-bond acceptors (Lipinski definition) is 5. The Labute approximate surface area is 189 Å². The standard InChI is InChI=1S/C26H31NO5/c1-16(23(28)21-15-20(21)18-10-12-19(31-4)13-11-18)24(29)27-22(26(2,3)32-25(27)30)14-17-8-6-5-7-9-17/h5-13,16,20-23,28H,14-15H2,1-4H3/t16-,20+,21-,22-,23-/m0/s1. The second-order valence-electron chi connectivity index (χ2n) is 9.44. The van der Waals surface area contributed by atoms with Gasteiger partial charge >= 0.3 is 6.09 Å². The first-order chi connectivity index (χ1) is 15.2. The van der Waals surface area contributed by atoms with Crippen molar-refractivity contribution >= 4 is 12.0 Å². The van der Waals surface area contributed by atoms with Crippen LogP contribution in [0.4, 0.5) is 4.79 Å². The molecule has 2 aromatic rings. The van der Waals surface area contributed by atoms with Crippen LogP contribution in [0.5, 0.6) is 5.75 Å². The molecule has 1 aliphatic carbocycles. The minimum atomic E-state index is -0.830. The molecule has 1 N–H and O–H groups in total. The van der Waals surface area contributed by atoms with Gasteiger partial charge in [0.15, 0.2) is 0 Å². The van der Waals surface area contributed by atoms with Gasteiger partial charge in [-0.05, 0) is 61.8 Å². The highest BCUT2D eigenvalue weighted by Crippen LogP contribution is 2.51. The van der Waals surface area contributed by atoms with Crippen molar-refractivity contribution in [1.29, 1.82) is 0 Å². The highest BCUT2D eigenvalue weighted by Gasteiger charge is 2.53. The molecule has 2 fully saturated rings. The van der Waals surface area contributed by atoms with E-state index >= 15 is 0 Å². The molecule has 5 atom stereocenters. The molecule has 0 bridgehead atoms. The SMILES string of the molecule is COc1ccc([C@H]2C[C@@H]2[C@@H](O)[C@H](C)C(=O)N2C(=O)OC(C)(C)[C@@H]2Cc2ccccc2)cc1. The zero-order chi connectivity index (χ0) is 23.0. The summed E-state index contributed by atoms with van der Waals surface area (Å²) >= 11 is 0. The van der Waals surface area contributed by atoms with Crippen LogP contribution in [0.3, 0.4) is 0 Å². The molecule has 32 heavy (non-hydrogen) atoms.